The van der Waals surface area contributed by atoms with E-state index in [1.54, 1.807) is 7.05 Å². The maximum atomic E-state index is 11.8. The smallest absolute Gasteiger partial charge is 0.222 e. The molecule has 1 aliphatic rings. The summed E-state index contributed by atoms with van der Waals surface area (Å²) < 4.78 is 23.6. The molecule has 0 spiro atoms. The number of rotatable bonds is 3. The summed E-state index contributed by atoms with van der Waals surface area (Å²) in [4.78, 5) is 8.58. The van der Waals surface area contributed by atoms with E-state index in [1.807, 2.05) is 0 Å². The van der Waals surface area contributed by atoms with Crippen molar-refractivity contribution in [2.24, 2.45) is 0 Å². The minimum atomic E-state index is -3.29. The lowest BCUT2D eigenvalue weighted by molar-refractivity contribution is 0.448. The Bertz CT molecular complexity index is 524. The average Bonchev–Trinajstić information content (AvgIpc) is 2.38. The topological polar surface area (TPSA) is 84.0 Å². The molecule has 2 rings (SSSR count). The van der Waals surface area contributed by atoms with E-state index in [4.69, 9.17) is 0 Å². The number of hydrogen-bond donors (Lipinski definition) is 2. The van der Waals surface area contributed by atoms with Crippen LogP contribution in [0.5, 0.6) is 0 Å². The van der Waals surface area contributed by atoms with Crippen LogP contribution in [0, 0.1) is 0 Å². The molecule has 18 heavy (non-hydrogen) atoms. The Balaban J connectivity index is 2.46. The van der Waals surface area contributed by atoms with Crippen LogP contribution in [-0.2, 0) is 9.84 Å². The molecule has 1 saturated heterocycles. The summed E-state index contributed by atoms with van der Waals surface area (Å²) in [7, 11) is -1.57. The van der Waals surface area contributed by atoms with Crippen molar-refractivity contribution in [3.63, 3.8) is 0 Å². The van der Waals surface area contributed by atoms with E-state index >= 15 is 0 Å². The predicted octanol–water partition coefficient (Wildman–Crippen LogP) is 0.389. The molecule has 2 N–H and O–H groups in total. The van der Waals surface area contributed by atoms with Gasteiger partial charge in [0, 0.05) is 25.8 Å². The maximum Gasteiger partial charge on any atom is 0.222 e. The summed E-state index contributed by atoms with van der Waals surface area (Å²) in [5, 5.41) is 6.12. The quantitative estimate of drug-likeness (QED) is 0.826. The van der Waals surface area contributed by atoms with Crippen molar-refractivity contribution in [3.05, 3.63) is 11.9 Å². The van der Waals surface area contributed by atoms with Crippen molar-refractivity contribution in [1.29, 1.82) is 0 Å². The minimum absolute atomic E-state index is 0.138. The van der Waals surface area contributed by atoms with Crippen molar-refractivity contribution < 1.29 is 8.42 Å². The van der Waals surface area contributed by atoms with Crippen LogP contribution >= 0.6 is 0 Å². The Morgan fingerprint density at radius 3 is 2.83 bits per heavy atom. The van der Waals surface area contributed by atoms with Crippen molar-refractivity contribution in [2.45, 2.75) is 23.7 Å². The van der Waals surface area contributed by atoms with E-state index in [0.717, 1.165) is 25.9 Å². The zero-order valence-electron chi connectivity index (χ0n) is 10.6. The first-order valence-electron chi connectivity index (χ1n) is 5.98. The largest absolute Gasteiger partial charge is 0.357 e. The summed E-state index contributed by atoms with van der Waals surface area (Å²) in [6.45, 7) is 1.75. The van der Waals surface area contributed by atoms with Gasteiger partial charge in [0.05, 0.1) is 11.9 Å². The van der Waals surface area contributed by atoms with Gasteiger partial charge in [0.2, 0.25) is 5.95 Å². The standard InChI is InChI=1S/C11H18N4O2S/c1-12-11-14-7-9(18(2,16)17)10(15-11)8-4-3-5-13-6-8/h7-8,13H,3-6H2,1-2H3,(H,12,14,15)/t8-/m1/s1. The fourth-order valence-corrected chi connectivity index (χ4v) is 3.00. The highest BCUT2D eigenvalue weighted by Crippen LogP contribution is 2.27. The first kappa shape index (κ1) is 13.2. The molecule has 1 aromatic heterocycles. The lowest BCUT2D eigenvalue weighted by Gasteiger charge is -2.23. The first-order chi connectivity index (χ1) is 8.52. The van der Waals surface area contributed by atoms with E-state index < -0.39 is 9.84 Å². The van der Waals surface area contributed by atoms with Crippen LogP contribution in [0.15, 0.2) is 11.1 Å². The number of sulfone groups is 1. The Hall–Kier alpha value is -1.21. The van der Waals surface area contributed by atoms with Gasteiger partial charge in [-0.25, -0.2) is 18.4 Å². The molecule has 1 fully saturated rings. The zero-order chi connectivity index (χ0) is 13.2. The zero-order valence-corrected chi connectivity index (χ0v) is 11.4. The first-order valence-corrected chi connectivity index (χ1v) is 7.87. The van der Waals surface area contributed by atoms with E-state index in [0.29, 0.717) is 11.6 Å². The highest BCUT2D eigenvalue weighted by molar-refractivity contribution is 7.90. The molecule has 0 saturated carbocycles. The number of nitrogens with one attached hydrogen (secondary N) is 2. The van der Waals surface area contributed by atoms with Crippen LogP contribution < -0.4 is 10.6 Å². The molecule has 1 atom stereocenters. The number of nitrogens with zero attached hydrogens (tertiary/aromatic N) is 2. The molecular formula is C11H18N4O2S. The monoisotopic (exact) mass is 270 g/mol. The molecule has 0 aliphatic carbocycles. The Morgan fingerprint density at radius 2 is 2.28 bits per heavy atom. The molecule has 0 aromatic carbocycles. The van der Waals surface area contributed by atoms with E-state index in [2.05, 4.69) is 20.6 Å². The molecule has 0 bridgehead atoms. The normalized spacial score (nSPS) is 20.7. The SMILES string of the molecule is CNc1ncc(S(C)(=O)=O)c([C@@H]2CCCNC2)n1. The van der Waals surface area contributed by atoms with Gasteiger partial charge in [0.25, 0.3) is 0 Å². The van der Waals surface area contributed by atoms with E-state index in [9.17, 15) is 8.42 Å². The molecule has 0 radical (unpaired) electrons. The number of aromatic nitrogens is 2. The van der Waals surface area contributed by atoms with Crippen LogP contribution in [-0.4, -0.2) is 44.8 Å². The lowest BCUT2D eigenvalue weighted by Crippen LogP contribution is -2.30. The van der Waals surface area contributed by atoms with Crippen molar-refractivity contribution in [2.75, 3.05) is 31.7 Å². The Morgan fingerprint density at radius 1 is 1.50 bits per heavy atom. The summed E-state index contributed by atoms with van der Waals surface area (Å²) in [5.41, 5.74) is 0.629. The van der Waals surface area contributed by atoms with Crippen LogP contribution in [0.3, 0.4) is 0 Å². The molecule has 0 unspecified atom stereocenters. The maximum absolute atomic E-state index is 11.8. The van der Waals surface area contributed by atoms with Crippen LogP contribution in [0.4, 0.5) is 5.95 Å². The summed E-state index contributed by atoms with van der Waals surface area (Å²) >= 11 is 0. The molecule has 7 heteroatoms. The van der Waals surface area contributed by atoms with Gasteiger partial charge in [-0.15, -0.1) is 0 Å². The minimum Gasteiger partial charge on any atom is -0.357 e. The number of piperidine rings is 1. The van der Waals surface area contributed by atoms with Gasteiger partial charge in [-0.3, -0.25) is 0 Å². The third kappa shape index (κ3) is 2.78. The second-order valence-corrected chi connectivity index (χ2v) is 6.49. The number of anilines is 1. The fraction of sp³-hybridized carbons (Fsp3) is 0.636. The molecule has 1 aliphatic heterocycles. The van der Waals surface area contributed by atoms with Gasteiger partial charge in [0.15, 0.2) is 9.84 Å². The fourth-order valence-electron chi connectivity index (χ4n) is 2.17. The third-order valence-corrected chi connectivity index (χ3v) is 4.20. The Kier molecular flexibility index (Phi) is 3.82. The highest BCUT2D eigenvalue weighted by atomic mass is 32.2. The summed E-state index contributed by atoms with van der Waals surface area (Å²) in [5.74, 6) is 0.599. The van der Waals surface area contributed by atoms with Crippen LogP contribution in [0.2, 0.25) is 0 Å². The number of hydrogen-bond acceptors (Lipinski definition) is 6. The second kappa shape index (κ2) is 5.19. The predicted molar refractivity (Wildman–Crippen MR) is 69.5 cm³/mol. The molecule has 100 valence electrons. The van der Waals surface area contributed by atoms with Crippen molar-refractivity contribution in [3.8, 4) is 0 Å². The van der Waals surface area contributed by atoms with Crippen LogP contribution in [0.1, 0.15) is 24.5 Å². The van der Waals surface area contributed by atoms with Gasteiger partial charge in [-0.1, -0.05) is 0 Å². The highest BCUT2D eigenvalue weighted by Gasteiger charge is 2.24. The molecule has 6 nitrogen and oxygen atoms in total. The van der Waals surface area contributed by atoms with Gasteiger partial charge in [-0.2, -0.15) is 0 Å². The Labute approximate surface area is 107 Å². The van der Waals surface area contributed by atoms with Gasteiger partial charge >= 0.3 is 0 Å². The molecular weight excluding hydrogens is 252 g/mol. The molecule has 2 heterocycles. The summed E-state index contributed by atoms with van der Waals surface area (Å²) in [6, 6.07) is 0. The van der Waals surface area contributed by atoms with Gasteiger partial charge < -0.3 is 10.6 Å². The van der Waals surface area contributed by atoms with Gasteiger partial charge in [-0.05, 0) is 19.4 Å². The summed E-state index contributed by atoms with van der Waals surface area (Å²) in [6.07, 6.45) is 4.59. The third-order valence-electron chi connectivity index (χ3n) is 3.09. The second-order valence-electron chi connectivity index (χ2n) is 4.51. The molecule has 0 amide bonds. The van der Waals surface area contributed by atoms with Crippen LogP contribution in [0.25, 0.3) is 0 Å². The molecule has 1 aromatic rings. The van der Waals surface area contributed by atoms with E-state index in [1.165, 1.54) is 12.5 Å². The lowest BCUT2D eigenvalue weighted by atomic mass is 9.96. The van der Waals surface area contributed by atoms with Crippen molar-refractivity contribution in [1.82, 2.24) is 15.3 Å². The van der Waals surface area contributed by atoms with Crippen molar-refractivity contribution >= 4 is 15.8 Å². The van der Waals surface area contributed by atoms with E-state index in [-0.39, 0.29) is 10.8 Å². The van der Waals surface area contributed by atoms with Gasteiger partial charge in [0.1, 0.15) is 4.90 Å². The average molecular weight is 270 g/mol.